The number of hydrogen-bond donors (Lipinski definition) is 0. The summed E-state index contributed by atoms with van der Waals surface area (Å²) in [4.78, 5) is 32.1. The van der Waals surface area contributed by atoms with E-state index in [1.54, 1.807) is 0 Å². The van der Waals surface area contributed by atoms with Crippen molar-refractivity contribution >= 4 is 21.8 Å². The molecule has 3 heterocycles. The number of fused-ring (bicyclic) bond motifs is 3. The maximum Gasteiger partial charge on any atom is 0.166 e. The Morgan fingerprint density at radius 1 is 0.282 bits per heavy atom. The maximum absolute atomic E-state index is 5.60. The number of aromatic nitrogens is 7. The van der Waals surface area contributed by atoms with Crippen molar-refractivity contribution < 1.29 is 0 Å². The van der Waals surface area contributed by atoms with Crippen molar-refractivity contribution in [1.29, 1.82) is 0 Å². The molecule has 3 aromatic heterocycles. The van der Waals surface area contributed by atoms with Crippen molar-refractivity contribution in [3.8, 4) is 74.0 Å². The first kappa shape index (κ1) is 47.1. The molecule has 0 saturated carbocycles. The monoisotopic (exact) mass is 930 g/mol. The predicted octanol–water partition coefficient (Wildman–Crippen LogP) is 16.3. The SMILES string of the molecule is CC(C)(C)c1cc(-c2nc(-c3cc(C(C)(C)C)cc(C(C)(C)C)c3)nc(-c3cc(-c4nc(-c5ccccc5)nc(-c5ccccc5)n4)ccc3-n3c4ccccc4c4ccccc43)n2)cc(C(C)(C)C)c1. The zero-order chi connectivity index (χ0) is 50.0. The summed E-state index contributed by atoms with van der Waals surface area (Å²) in [5, 5.41) is 2.32. The van der Waals surface area contributed by atoms with E-state index < -0.39 is 0 Å². The Labute approximate surface area is 419 Å². The smallest absolute Gasteiger partial charge is 0.166 e. The third kappa shape index (κ3) is 9.41. The van der Waals surface area contributed by atoms with Crippen molar-refractivity contribution in [1.82, 2.24) is 34.5 Å². The van der Waals surface area contributed by atoms with Crippen LogP contribution >= 0.6 is 0 Å². The van der Waals surface area contributed by atoms with Crippen LogP contribution in [0.25, 0.3) is 95.8 Å². The Hall–Kier alpha value is -7.64. The first-order valence-electron chi connectivity index (χ1n) is 24.8. The summed E-state index contributed by atoms with van der Waals surface area (Å²) in [6, 6.07) is 57.7. The highest BCUT2D eigenvalue weighted by atomic mass is 15.1. The molecule has 0 amide bonds. The molecule has 7 aromatic carbocycles. The van der Waals surface area contributed by atoms with E-state index in [0.29, 0.717) is 34.9 Å². The lowest BCUT2D eigenvalue weighted by atomic mass is 9.79. The minimum Gasteiger partial charge on any atom is -0.309 e. The molecule has 0 bridgehead atoms. The first-order chi connectivity index (χ1) is 33.7. The maximum atomic E-state index is 5.60. The Bertz CT molecular complexity index is 3350. The second-order valence-corrected chi connectivity index (χ2v) is 23.0. The van der Waals surface area contributed by atoms with Crippen LogP contribution < -0.4 is 0 Å². The minimum absolute atomic E-state index is 0.128. The van der Waals surface area contributed by atoms with E-state index in [1.807, 2.05) is 60.7 Å². The molecule has 0 aliphatic carbocycles. The summed E-state index contributed by atoms with van der Waals surface area (Å²) >= 11 is 0. The van der Waals surface area contributed by atoms with Gasteiger partial charge in [-0.25, -0.2) is 29.9 Å². The molecule has 0 N–H and O–H groups in total. The van der Waals surface area contributed by atoms with Crippen molar-refractivity contribution in [3.63, 3.8) is 0 Å². The van der Waals surface area contributed by atoms with Crippen molar-refractivity contribution in [2.24, 2.45) is 0 Å². The first-order valence-corrected chi connectivity index (χ1v) is 24.8. The van der Waals surface area contributed by atoms with E-state index in [0.717, 1.165) is 60.9 Å². The van der Waals surface area contributed by atoms with E-state index in [-0.39, 0.29) is 21.7 Å². The van der Waals surface area contributed by atoms with Gasteiger partial charge in [-0.2, -0.15) is 0 Å². The highest BCUT2D eigenvalue weighted by Gasteiger charge is 2.27. The Balaban J connectivity index is 1.32. The number of nitrogens with zero attached hydrogens (tertiary/aromatic N) is 7. The van der Waals surface area contributed by atoms with Gasteiger partial charge in [0.1, 0.15) is 0 Å². The van der Waals surface area contributed by atoms with Gasteiger partial charge < -0.3 is 4.57 Å². The van der Waals surface area contributed by atoms with Gasteiger partial charge in [-0.1, -0.05) is 192 Å². The largest absolute Gasteiger partial charge is 0.309 e. The molecule has 354 valence electrons. The van der Waals surface area contributed by atoms with E-state index in [1.165, 1.54) is 22.3 Å². The fourth-order valence-corrected chi connectivity index (χ4v) is 9.17. The van der Waals surface area contributed by atoms with E-state index >= 15 is 0 Å². The molecule has 0 radical (unpaired) electrons. The highest BCUT2D eigenvalue weighted by molar-refractivity contribution is 6.09. The number of benzene rings is 7. The molecule has 10 rings (SSSR count). The van der Waals surface area contributed by atoms with E-state index in [2.05, 4.69) is 191 Å². The van der Waals surface area contributed by atoms with Gasteiger partial charge in [0.25, 0.3) is 0 Å². The summed E-state index contributed by atoms with van der Waals surface area (Å²) in [6.45, 7) is 27.2. The standard InChI is InChI=1S/C64H63N7/c1-61(2,3)45-33-43(34-46(38-45)62(4,5)6)58-68-59(44-35-47(63(7,8)9)39-48(36-44)64(10,11)12)70-60(69-58)51-37-42(31-32-54(51)71-52-29-21-19-27-49(52)50-28-20-22-30-53(50)71)57-66-55(40-23-15-13-16-24-40)65-56(67-57)41-25-17-14-18-26-41/h13-39H,1-12H3. The molecule has 0 atom stereocenters. The minimum atomic E-state index is -0.128. The molecular formula is C64H63N7. The summed E-state index contributed by atoms with van der Waals surface area (Å²) in [6.07, 6.45) is 0. The fraction of sp³-hybridized carbons (Fsp3) is 0.250. The van der Waals surface area contributed by atoms with Crippen LogP contribution in [0.4, 0.5) is 0 Å². The normalized spacial score (nSPS) is 12.5. The van der Waals surface area contributed by atoms with E-state index in [9.17, 15) is 0 Å². The third-order valence-electron chi connectivity index (χ3n) is 13.5. The summed E-state index contributed by atoms with van der Waals surface area (Å²) in [5.74, 6) is 3.49. The topological polar surface area (TPSA) is 82.3 Å². The van der Waals surface area contributed by atoms with Crippen LogP contribution in [-0.4, -0.2) is 34.5 Å². The summed E-state index contributed by atoms with van der Waals surface area (Å²) in [7, 11) is 0. The number of hydrogen-bond acceptors (Lipinski definition) is 6. The van der Waals surface area contributed by atoms with Crippen LogP contribution in [0.15, 0.2) is 164 Å². The van der Waals surface area contributed by atoms with Crippen LogP contribution in [0.1, 0.15) is 105 Å². The van der Waals surface area contributed by atoms with Crippen LogP contribution in [-0.2, 0) is 21.7 Å². The van der Waals surface area contributed by atoms with Gasteiger partial charge in [0, 0.05) is 44.2 Å². The van der Waals surface area contributed by atoms with Crippen LogP contribution in [0.2, 0.25) is 0 Å². The van der Waals surface area contributed by atoms with Gasteiger partial charge in [-0.3, -0.25) is 0 Å². The van der Waals surface area contributed by atoms with Gasteiger partial charge >= 0.3 is 0 Å². The lowest BCUT2D eigenvalue weighted by Gasteiger charge is -2.26. The molecule has 71 heavy (non-hydrogen) atoms. The highest BCUT2D eigenvalue weighted by Crippen LogP contribution is 2.41. The van der Waals surface area contributed by atoms with Crippen molar-refractivity contribution in [2.45, 2.75) is 105 Å². The Kier molecular flexibility index (Phi) is 11.7. The zero-order valence-corrected chi connectivity index (χ0v) is 43.2. The van der Waals surface area contributed by atoms with Gasteiger partial charge in [-0.15, -0.1) is 0 Å². The molecule has 7 nitrogen and oxygen atoms in total. The molecule has 0 spiro atoms. The molecular weight excluding hydrogens is 867 g/mol. The van der Waals surface area contributed by atoms with Crippen LogP contribution in [0, 0.1) is 0 Å². The molecule has 0 unspecified atom stereocenters. The average molecular weight is 930 g/mol. The van der Waals surface area contributed by atoms with Crippen LogP contribution in [0.3, 0.4) is 0 Å². The van der Waals surface area contributed by atoms with Gasteiger partial charge in [-0.05, 0) is 98.5 Å². The van der Waals surface area contributed by atoms with E-state index in [4.69, 9.17) is 29.9 Å². The van der Waals surface area contributed by atoms with Crippen LogP contribution in [0.5, 0.6) is 0 Å². The molecule has 0 aliphatic heterocycles. The quantitative estimate of drug-likeness (QED) is 0.158. The van der Waals surface area contributed by atoms with Gasteiger partial charge in [0.2, 0.25) is 0 Å². The molecule has 0 fully saturated rings. The lowest BCUT2D eigenvalue weighted by molar-refractivity contribution is 0.568. The number of para-hydroxylation sites is 2. The lowest BCUT2D eigenvalue weighted by Crippen LogP contribution is -2.17. The fourth-order valence-electron chi connectivity index (χ4n) is 9.17. The third-order valence-corrected chi connectivity index (χ3v) is 13.5. The molecule has 0 saturated heterocycles. The summed E-state index contributed by atoms with van der Waals surface area (Å²) in [5.41, 5.74) is 12.8. The zero-order valence-electron chi connectivity index (χ0n) is 43.2. The Morgan fingerprint density at radius 3 is 0.986 bits per heavy atom. The summed E-state index contributed by atoms with van der Waals surface area (Å²) < 4.78 is 2.35. The average Bonchev–Trinajstić information content (AvgIpc) is 3.69. The van der Waals surface area contributed by atoms with Crippen molar-refractivity contribution in [2.75, 3.05) is 0 Å². The Morgan fingerprint density at radius 2 is 0.606 bits per heavy atom. The van der Waals surface area contributed by atoms with Gasteiger partial charge in [0.15, 0.2) is 34.9 Å². The second-order valence-electron chi connectivity index (χ2n) is 23.0. The molecule has 7 heteroatoms. The van der Waals surface area contributed by atoms with Crippen molar-refractivity contribution in [3.05, 3.63) is 186 Å². The van der Waals surface area contributed by atoms with Gasteiger partial charge in [0.05, 0.1) is 16.7 Å². The second kappa shape index (κ2) is 17.6. The number of rotatable bonds is 7. The predicted molar refractivity (Wildman–Crippen MR) is 295 cm³/mol. The molecule has 10 aromatic rings. The molecule has 0 aliphatic rings.